The Hall–Kier alpha value is -0.0969. The first kappa shape index (κ1) is 20.9. The van der Waals surface area contributed by atoms with Crippen LogP contribution in [0.1, 0.15) is 38.5 Å². The summed E-state index contributed by atoms with van der Waals surface area (Å²) in [5, 5.41) is 0. The maximum Gasteiger partial charge on any atom is 2.00 e. The molecular formula is C20H24Cl2Zr. The predicted molar refractivity (Wildman–Crippen MR) is 98.6 cm³/mol. The Kier molecular flexibility index (Phi) is 11.2. The SMILES string of the molecule is C1=CCC2CC[CH-]C2=C1.C1=CCC2CC[CH-]C2=C1.ClC=CCl.[Zr+2]. The smallest absolute Gasteiger partial charge is 0.227 e. The average Bonchev–Trinajstić information content (AvgIpc) is 3.24. The van der Waals surface area contributed by atoms with Gasteiger partial charge in [-0.05, 0) is 24.7 Å². The van der Waals surface area contributed by atoms with Crippen LogP contribution in [0.15, 0.2) is 58.7 Å². The second-order valence-corrected chi connectivity index (χ2v) is 6.37. The second-order valence-electron chi connectivity index (χ2n) is 5.87. The standard InChI is InChI=1S/2C9H11.C2H2Cl2.Zr/c2*1-2-5-9-7-3-6-8(9)4-1;3-1-2-4;/h2*1-2,4,6,9H,3,5,7H2;1-2H;/q2*-1;;+2. The van der Waals surface area contributed by atoms with Crippen molar-refractivity contribution in [2.45, 2.75) is 38.5 Å². The third-order valence-electron chi connectivity index (χ3n) is 4.47. The summed E-state index contributed by atoms with van der Waals surface area (Å²) in [6.07, 6.45) is 26.1. The Morgan fingerprint density at radius 3 is 1.61 bits per heavy atom. The molecule has 2 fully saturated rings. The molecular weight excluding hydrogens is 402 g/mol. The first-order valence-electron chi connectivity index (χ1n) is 8.10. The van der Waals surface area contributed by atoms with Gasteiger partial charge in [0, 0.05) is 11.1 Å². The first-order valence-corrected chi connectivity index (χ1v) is 8.97. The summed E-state index contributed by atoms with van der Waals surface area (Å²) in [7, 11) is 0. The van der Waals surface area contributed by atoms with E-state index in [0.717, 1.165) is 11.8 Å². The zero-order chi connectivity index (χ0) is 15.6. The van der Waals surface area contributed by atoms with Gasteiger partial charge in [0.2, 0.25) is 0 Å². The molecule has 0 radical (unpaired) electrons. The van der Waals surface area contributed by atoms with Crippen molar-refractivity contribution in [1.29, 1.82) is 0 Å². The van der Waals surface area contributed by atoms with Crippen molar-refractivity contribution < 1.29 is 26.2 Å². The van der Waals surface area contributed by atoms with E-state index in [1.54, 1.807) is 11.1 Å². The van der Waals surface area contributed by atoms with Gasteiger partial charge in [0.25, 0.3) is 0 Å². The summed E-state index contributed by atoms with van der Waals surface area (Å²) in [5.41, 5.74) is 5.64. The van der Waals surface area contributed by atoms with Crippen LogP contribution in [0.3, 0.4) is 0 Å². The Balaban J connectivity index is 0.000000182. The minimum atomic E-state index is 0. The largest absolute Gasteiger partial charge is 2.00 e. The molecule has 0 spiro atoms. The second kappa shape index (κ2) is 12.3. The van der Waals surface area contributed by atoms with E-state index in [1.807, 2.05) is 0 Å². The van der Waals surface area contributed by atoms with Crippen LogP contribution in [0.4, 0.5) is 0 Å². The zero-order valence-electron chi connectivity index (χ0n) is 13.4. The van der Waals surface area contributed by atoms with Crippen LogP contribution in [0.25, 0.3) is 0 Å². The molecule has 0 amide bonds. The molecule has 2 unspecified atom stereocenters. The molecule has 2 saturated carbocycles. The molecule has 122 valence electrons. The average molecular weight is 427 g/mol. The van der Waals surface area contributed by atoms with Gasteiger partial charge in [-0.2, -0.15) is 0 Å². The van der Waals surface area contributed by atoms with Crippen molar-refractivity contribution in [3.8, 4) is 0 Å². The molecule has 0 bridgehead atoms. The van der Waals surface area contributed by atoms with Crippen LogP contribution in [0.5, 0.6) is 0 Å². The van der Waals surface area contributed by atoms with E-state index in [2.05, 4.69) is 49.3 Å². The molecule has 4 aliphatic rings. The van der Waals surface area contributed by atoms with E-state index in [9.17, 15) is 0 Å². The summed E-state index contributed by atoms with van der Waals surface area (Å²) in [6.45, 7) is 0. The van der Waals surface area contributed by atoms with Gasteiger partial charge < -0.3 is 0 Å². The van der Waals surface area contributed by atoms with E-state index in [0.29, 0.717) is 0 Å². The quantitative estimate of drug-likeness (QED) is 0.369. The Labute approximate surface area is 170 Å². The zero-order valence-corrected chi connectivity index (χ0v) is 17.4. The molecule has 0 aromatic carbocycles. The maximum atomic E-state index is 4.87. The van der Waals surface area contributed by atoms with Gasteiger partial charge in [-0.1, -0.05) is 36.0 Å². The van der Waals surface area contributed by atoms with Crippen LogP contribution < -0.4 is 0 Å². The van der Waals surface area contributed by atoms with Crippen molar-refractivity contribution in [2.75, 3.05) is 0 Å². The van der Waals surface area contributed by atoms with Gasteiger partial charge in [0.15, 0.2) is 0 Å². The number of rotatable bonds is 0. The van der Waals surface area contributed by atoms with Crippen LogP contribution in [-0.4, -0.2) is 0 Å². The molecule has 4 aliphatic carbocycles. The minimum Gasteiger partial charge on any atom is -0.227 e. The van der Waals surface area contributed by atoms with Gasteiger partial charge in [-0.15, -0.1) is 37.1 Å². The van der Waals surface area contributed by atoms with E-state index in [1.165, 1.54) is 49.6 Å². The van der Waals surface area contributed by atoms with Crippen molar-refractivity contribution in [3.63, 3.8) is 0 Å². The Bertz CT molecular complexity index is 442. The monoisotopic (exact) mass is 424 g/mol. The number of allylic oxidation sites excluding steroid dienone is 8. The normalized spacial score (nSPS) is 26.0. The number of hydrogen-bond acceptors (Lipinski definition) is 0. The molecule has 2 atom stereocenters. The summed E-state index contributed by atoms with van der Waals surface area (Å²) in [5.74, 6) is 1.77. The molecule has 0 aromatic heterocycles. The fourth-order valence-corrected chi connectivity index (χ4v) is 3.33. The molecule has 0 heterocycles. The Morgan fingerprint density at radius 2 is 1.26 bits per heavy atom. The van der Waals surface area contributed by atoms with Crippen LogP contribution in [0.2, 0.25) is 0 Å². The number of fused-ring (bicyclic) bond motifs is 2. The van der Waals surface area contributed by atoms with Crippen molar-refractivity contribution in [2.24, 2.45) is 11.8 Å². The van der Waals surface area contributed by atoms with E-state index >= 15 is 0 Å². The summed E-state index contributed by atoms with van der Waals surface area (Å²) < 4.78 is 0. The summed E-state index contributed by atoms with van der Waals surface area (Å²) >= 11 is 9.75. The third kappa shape index (κ3) is 7.12. The fourth-order valence-electron chi connectivity index (χ4n) is 3.33. The van der Waals surface area contributed by atoms with Gasteiger partial charge in [-0.25, -0.2) is 36.1 Å². The van der Waals surface area contributed by atoms with Gasteiger partial charge in [-0.3, -0.25) is 0 Å². The molecule has 4 rings (SSSR count). The van der Waals surface area contributed by atoms with Gasteiger partial charge in [0.05, 0.1) is 0 Å². The van der Waals surface area contributed by atoms with Gasteiger partial charge in [0.1, 0.15) is 0 Å². The van der Waals surface area contributed by atoms with Gasteiger partial charge >= 0.3 is 26.2 Å². The topological polar surface area (TPSA) is 0 Å². The van der Waals surface area contributed by atoms with E-state index in [-0.39, 0.29) is 26.2 Å². The Morgan fingerprint density at radius 1 is 0.826 bits per heavy atom. The number of halogens is 2. The third-order valence-corrected chi connectivity index (χ3v) is 4.85. The molecule has 0 nitrogen and oxygen atoms in total. The van der Waals surface area contributed by atoms with Crippen molar-refractivity contribution in [3.05, 3.63) is 71.5 Å². The molecule has 0 aliphatic heterocycles. The molecule has 0 N–H and O–H groups in total. The number of hydrogen-bond donors (Lipinski definition) is 0. The fraction of sp³-hybridized carbons (Fsp3) is 0.400. The maximum absolute atomic E-state index is 4.87. The molecule has 23 heavy (non-hydrogen) atoms. The summed E-state index contributed by atoms with van der Waals surface area (Å²) in [6, 6.07) is 0. The minimum absolute atomic E-state index is 0. The van der Waals surface area contributed by atoms with Crippen molar-refractivity contribution >= 4 is 23.2 Å². The van der Waals surface area contributed by atoms with Crippen LogP contribution in [0, 0.1) is 24.7 Å². The van der Waals surface area contributed by atoms with Crippen LogP contribution in [-0.2, 0) is 26.2 Å². The predicted octanol–water partition coefficient (Wildman–Crippen LogP) is 6.91. The van der Waals surface area contributed by atoms with Crippen LogP contribution >= 0.6 is 23.2 Å². The van der Waals surface area contributed by atoms with Crippen molar-refractivity contribution in [1.82, 2.24) is 0 Å². The van der Waals surface area contributed by atoms with E-state index < -0.39 is 0 Å². The molecule has 3 heteroatoms. The molecule has 0 saturated heterocycles. The first-order chi connectivity index (χ1) is 10.8. The molecule has 0 aromatic rings. The summed E-state index contributed by atoms with van der Waals surface area (Å²) in [4.78, 5) is 0. The van der Waals surface area contributed by atoms with E-state index in [4.69, 9.17) is 23.2 Å².